The van der Waals surface area contributed by atoms with Gasteiger partial charge in [0, 0.05) is 12.3 Å². The van der Waals surface area contributed by atoms with Crippen LogP contribution in [-0.2, 0) is 9.53 Å². The fourth-order valence-corrected chi connectivity index (χ4v) is 1.43. The molecule has 2 aromatic heterocycles. The number of esters is 1. The zero-order chi connectivity index (χ0) is 14.5. The first-order chi connectivity index (χ1) is 9.54. The maximum absolute atomic E-state index is 11.6. The maximum atomic E-state index is 11.6. The second kappa shape index (κ2) is 6.16. The number of nitrogens with zero attached hydrogens (tertiary/aromatic N) is 2. The van der Waals surface area contributed by atoms with E-state index >= 15 is 0 Å². The van der Waals surface area contributed by atoms with E-state index in [1.54, 1.807) is 13.0 Å². The highest BCUT2D eigenvalue weighted by Crippen LogP contribution is 2.08. The van der Waals surface area contributed by atoms with Gasteiger partial charge in [0.25, 0.3) is 5.91 Å². The minimum Gasteiger partial charge on any atom is -0.452 e. The maximum Gasteiger partial charge on any atom is 0.340 e. The fourth-order valence-electron chi connectivity index (χ4n) is 1.32. The van der Waals surface area contributed by atoms with Crippen molar-refractivity contribution in [3.63, 3.8) is 0 Å². The van der Waals surface area contributed by atoms with Crippen molar-refractivity contribution in [3.05, 3.63) is 40.9 Å². The molecule has 2 rings (SSSR count). The highest BCUT2D eigenvalue weighted by atomic mass is 35.5. The standard InChI is InChI=1S/C12H10ClN3O4/c1-7-4-10(16-20-7)15-11(17)6-19-12(18)8-2-3-9(13)14-5-8/h2-5H,6H2,1H3,(H,15,16,17). The summed E-state index contributed by atoms with van der Waals surface area (Å²) < 4.78 is 9.59. The van der Waals surface area contributed by atoms with Crippen LogP contribution in [-0.4, -0.2) is 28.6 Å². The smallest absolute Gasteiger partial charge is 0.340 e. The number of anilines is 1. The first-order valence-corrected chi connectivity index (χ1v) is 5.94. The van der Waals surface area contributed by atoms with Crippen LogP contribution < -0.4 is 5.32 Å². The third kappa shape index (κ3) is 3.79. The Hall–Kier alpha value is -2.41. The quantitative estimate of drug-likeness (QED) is 0.683. The number of rotatable bonds is 4. The normalized spacial score (nSPS) is 10.1. The molecule has 0 unspecified atom stereocenters. The molecule has 7 nitrogen and oxygen atoms in total. The number of pyridine rings is 1. The molecule has 1 N–H and O–H groups in total. The molecule has 0 aliphatic heterocycles. The Morgan fingerprint density at radius 1 is 1.45 bits per heavy atom. The van der Waals surface area contributed by atoms with Gasteiger partial charge in [-0.25, -0.2) is 9.78 Å². The van der Waals surface area contributed by atoms with E-state index in [2.05, 4.69) is 15.5 Å². The van der Waals surface area contributed by atoms with Crippen molar-refractivity contribution in [1.29, 1.82) is 0 Å². The SMILES string of the molecule is Cc1cc(NC(=O)COC(=O)c2ccc(Cl)nc2)no1. The fraction of sp³-hybridized carbons (Fsp3) is 0.167. The van der Waals surface area contributed by atoms with Gasteiger partial charge in [0.15, 0.2) is 12.4 Å². The summed E-state index contributed by atoms with van der Waals surface area (Å²) >= 11 is 5.59. The second-order valence-electron chi connectivity index (χ2n) is 3.82. The molecule has 2 heterocycles. The molecular weight excluding hydrogens is 286 g/mol. The van der Waals surface area contributed by atoms with E-state index in [0.717, 1.165) is 0 Å². The topological polar surface area (TPSA) is 94.3 Å². The van der Waals surface area contributed by atoms with Crippen molar-refractivity contribution in [1.82, 2.24) is 10.1 Å². The summed E-state index contributed by atoms with van der Waals surface area (Å²) in [6, 6.07) is 4.45. The Bertz CT molecular complexity index is 624. The van der Waals surface area contributed by atoms with Crippen molar-refractivity contribution in [2.45, 2.75) is 6.92 Å². The Kier molecular flexibility index (Phi) is 4.31. The predicted molar refractivity (Wildman–Crippen MR) is 69.4 cm³/mol. The van der Waals surface area contributed by atoms with E-state index < -0.39 is 18.5 Å². The van der Waals surface area contributed by atoms with Crippen LogP contribution in [0.25, 0.3) is 0 Å². The zero-order valence-corrected chi connectivity index (χ0v) is 11.2. The molecule has 8 heteroatoms. The lowest BCUT2D eigenvalue weighted by atomic mass is 10.3. The number of carbonyl (C=O) groups excluding carboxylic acids is 2. The van der Waals surface area contributed by atoms with Crippen LogP contribution in [0.2, 0.25) is 5.15 Å². The summed E-state index contributed by atoms with van der Waals surface area (Å²) in [4.78, 5) is 26.8. The van der Waals surface area contributed by atoms with Gasteiger partial charge in [-0.2, -0.15) is 0 Å². The van der Waals surface area contributed by atoms with Crippen molar-refractivity contribution < 1.29 is 18.8 Å². The van der Waals surface area contributed by atoms with Crippen LogP contribution in [0, 0.1) is 6.92 Å². The predicted octanol–water partition coefficient (Wildman–Crippen LogP) is 1.83. The summed E-state index contributed by atoms with van der Waals surface area (Å²) in [5, 5.41) is 6.26. The number of halogens is 1. The van der Waals surface area contributed by atoms with Crippen molar-refractivity contribution in [2.75, 3.05) is 11.9 Å². The molecule has 2 aromatic rings. The summed E-state index contributed by atoms with van der Waals surface area (Å²) in [7, 11) is 0. The van der Waals surface area contributed by atoms with Crippen LogP contribution in [0.1, 0.15) is 16.1 Å². The molecule has 0 atom stereocenters. The van der Waals surface area contributed by atoms with Gasteiger partial charge < -0.3 is 14.6 Å². The minimum atomic E-state index is -0.666. The zero-order valence-electron chi connectivity index (χ0n) is 10.4. The van der Waals surface area contributed by atoms with Gasteiger partial charge in [-0.15, -0.1) is 0 Å². The van der Waals surface area contributed by atoms with Crippen LogP contribution in [0.4, 0.5) is 5.82 Å². The first-order valence-electron chi connectivity index (χ1n) is 5.56. The summed E-state index contributed by atoms with van der Waals surface area (Å²) in [6.45, 7) is 1.25. The number of nitrogens with one attached hydrogen (secondary N) is 1. The largest absolute Gasteiger partial charge is 0.452 e. The molecular formula is C12H10ClN3O4. The van der Waals surface area contributed by atoms with Crippen LogP contribution >= 0.6 is 11.6 Å². The first kappa shape index (κ1) is 14.0. The monoisotopic (exact) mass is 295 g/mol. The number of aryl methyl sites for hydroxylation is 1. The van der Waals surface area contributed by atoms with E-state index in [0.29, 0.717) is 5.76 Å². The van der Waals surface area contributed by atoms with E-state index in [1.807, 2.05) is 0 Å². The van der Waals surface area contributed by atoms with Crippen LogP contribution in [0.15, 0.2) is 28.9 Å². The van der Waals surface area contributed by atoms with Crippen molar-refractivity contribution >= 4 is 29.3 Å². The number of hydrogen-bond donors (Lipinski definition) is 1. The third-order valence-electron chi connectivity index (χ3n) is 2.19. The minimum absolute atomic E-state index is 0.208. The number of hydrogen-bond acceptors (Lipinski definition) is 6. The second-order valence-corrected chi connectivity index (χ2v) is 4.20. The Morgan fingerprint density at radius 3 is 2.85 bits per heavy atom. The lowest BCUT2D eigenvalue weighted by Gasteiger charge is -2.04. The number of ether oxygens (including phenoxy) is 1. The molecule has 0 aliphatic carbocycles. The Balaban J connectivity index is 1.84. The Labute approximate surface area is 118 Å². The molecule has 0 spiro atoms. The van der Waals surface area contributed by atoms with Gasteiger partial charge in [-0.05, 0) is 19.1 Å². The van der Waals surface area contributed by atoms with E-state index in [1.165, 1.54) is 18.3 Å². The van der Waals surface area contributed by atoms with Crippen LogP contribution in [0.3, 0.4) is 0 Å². The number of amides is 1. The highest BCUT2D eigenvalue weighted by molar-refractivity contribution is 6.29. The van der Waals surface area contributed by atoms with Gasteiger partial charge in [0.2, 0.25) is 0 Å². The highest BCUT2D eigenvalue weighted by Gasteiger charge is 2.12. The summed E-state index contributed by atoms with van der Waals surface area (Å²) in [5.41, 5.74) is 0.208. The molecule has 0 fully saturated rings. The molecule has 0 saturated carbocycles. The summed E-state index contributed by atoms with van der Waals surface area (Å²) in [5.74, 6) is -0.365. The average Bonchev–Trinajstić information content (AvgIpc) is 2.82. The van der Waals surface area contributed by atoms with E-state index in [4.69, 9.17) is 20.9 Å². The average molecular weight is 296 g/mol. The van der Waals surface area contributed by atoms with Crippen molar-refractivity contribution in [2.24, 2.45) is 0 Å². The Morgan fingerprint density at radius 2 is 2.25 bits per heavy atom. The van der Waals surface area contributed by atoms with Gasteiger partial charge in [-0.1, -0.05) is 16.8 Å². The van der Waals surface area contributed by atoms with E-state index in [9.17, 15) is 9.59 Å². The van der Waals surface area contributed by atoms with Gasteiger partial charge >= 0.3 is 5.97 Å². The van der Waals surface area contributed by atoms with Crippen molar-refractivity contribution in [3.8, 4) is 0 Å². The summed E-state index contributed by atoms with van der Waals surface area (Å²) in [6.07, 6.45) is 1.27. The van der Waals surface area contributed by atoms with E-state index in [-0.39, 0.29) is 16.5 Å². The third-order valence-corrected chi connectivity index (χ3v) is 2.42. The molecule has 20 heavy (non-hydrogen) atoms. The molecule has 0 aromatic carbocycles. The molecule has 1 amide bonds. The lowest BCUT2D eigenvalue weighted by Crippen LogP contribution is -2.21. The van der Waals surface area contributed by atoms with Gasteiger partial charge in [0.05, 0.1) is 5.56 Å². The molecule has 0 saturated heterocycles. The molecule has 0 bridgehead atoms. The number of carbonyl (C=O) groups is 2. The van der Waals surface area contributed by atoms with Gasteiger partial charge in [-0.3, -0.25) is 4.79 Å². The number of aromatic nitrogens is 2. The van der Waals surface area contributed by atoms with Crippen LogP contribution in [0.5, 0.6) is 0 Å². The molecule has 0 aliphatic rings. The molecule has 104 valence electrons. The van der Waals surface area contributed by atoms with Gasteiger partial charge in [0.1, 0.15) is 10.9 Å². The lowest BCUT2D eigenvalue weighted by molar-refractivity contribution is -0.119. The molecule has 0 radical (unpaired) electrons.